The summed E-state index contributed by atoms with van der Waals surface area (Å²) < 4.78 is 5.02. The molecule has 0 aliphatic heterocycles. The quantitative estimate of drug-likeness (QED) is 0.201. The Kier molecular flexibility index (Phi) is 13.7. The number of aromatic nitrogens is 2. The first kappa shape index (κ1) is 23.2. The predicted octanol–water partition coefficient (Wildman–Crippen LogP) is 7.40. The first-order valence-electron chi connectivity index (χ1n) is 11.8. The molecule has 0 fully saturated rings. The van der Waals surface area contributed by atoms with Gasteiger partial charge in [-0.15, -0.1) is 0 Å². The zero-order chi connectivity index (χ0) is 19.0. The van der Waals surface area contributed by atoms with Crippen LogP contribution >= 0.6 is 0 Å². The van der Waals surface area contributed by atoms with E-state index in [1.807, 2.05) is 0 Å². The zero-order valence-corrected chi connectivity index (χ0v) is 18.4. The van der Waals surface area contributed by atoms with Gasteiger partial charge in [-0.25, -0.2) is 9.13 Å². The number of imidazole rings is 1. The zero-order valence-electron chi connectivity index (χ0n) is 18.4. The second-order valence-electron chi connectivity index (χ2n) is 8.44. The third kappa shape index (κ3) is 9.78. The molecule has 0 aromatic carbocycles. The minimum absolute atomic E-state index is 0.610. The van der Waals surface area contributed by atoms with Gasteiger partial charge in [0.2, 0.25) is 0 Å². The van der Waals surface area contributed by atoms with Crippen LogP contribution in [-0.4, -0.2) is 4.57 Å². The highest BCUT2D eigenvalue weighted by molar-refractivity contribution is 4.89. The second kappa shape index (κ2) is 15.3. The molecule has 0 bridgehead atoms. The van der Waals surface area contributed by atoms with Crippen LogP contribution in [0.1, 0.15) is 129 Å². The lowest BCUT2D eigenvalue weighted by Gasteiger charge is -2.08. The Labute approximate surface area is 164 Å². The summed E-state index contributed by atoms with van der Waals surface area (Å²) in [5, 5.41) is 0. The van der Waals surface area contributed by atoms with E-state index in [0.717, 1.165) is 0 Å². The summed E-state index contributed by atoms with van der Waals surface area (Å²) >= 11 is 0. The Bertz CT molecular complexity index is 433. The average molecular weight is 364 g/mol. The van der Waals surface area contributed by atoms with E-state index in [2.05, 4.69) is 49.2 Å². The van der Waals surface area contributed by atoms with Crippen LogP contribution in [0.4, 0.5) is 0 Å². The van der Waals surface area contributed by atoms with Crippen molar-refractivity contribution in [2.75, 3.05) is 0 Å². The van der Waals surface area contributed by atoms with Gasteiger partial charge >= 0.3 is 0 Å². The van der Waals surface area contributed by atoms with Gasteiger partial charge in [0.15, 0.2) is 0 Å². The summed E-state index contributed by atoms with van der Waals surface area (Å²) in [6.07, 6.45) is 24.2. The second-order valence-corrected chi connectivity index (χ2v) is 8.44. The molecular weight excluding hydrogens is 316 g/mol. The Hall–Kier alpha value is -0.790. The van der Waals surface area contributed by atoms with Crippen LogP contribution in [0.5, 0.6) is 0 Å². The smallest absolute Gasteiger partial charge is 0.234 e. The Morgan fingerprint density at radius 3 is 1.77 bits per heavy atom. The molecule has 1 rings (SSSR count). The van der Waals surface area contributed by atoms with E-state index >= 15 is 0 Å². The van der Waals surface area contributed by atoms with Crippen LogP contribution < -0.4 is 4.57 Å². The van der Waals surface area contributed by atoms with Gasteiger partial charge in [-0.05, 0) is 25.7 Å². The van der Waals surface area contributed by atoms with Gasteiger partial charge in [-0.2, -0.15) is 0 Å². The third-order valence-electron chi connectivity index (χ3n) is 5.54. The van der Waals surface area contributed by atoms with E-state index in [4.69, 9.17) is 0 Å². The van der Waals surface area contributed by atoms with Crippen molar-refractivity contribution < 1.29 is 4.57 Å². The van der Waals surface area contributed by atoms with Crippen molar-refractivity contribution in [3.05, 3.63) is 18.2 Å². The molecule has 0 radical (unpaired) electrons. The van der Waals surface area contributed by atoms with Crippen molar-refractivity contribution in [3.63, 3.8) is 0 Å². The summed E-state index contributed by atoms with van der Waals surface area (Å²) in [7, 11) is 0. The monoisotopic (exact) mass is 363 g/mol. The van der Waals surface area contributed by atoms with E-state index in [0.29, 0.717) is 5.92 Å². The molecule has 152 valence electrons. The van der Waals surface area contributed by atoms with Crippen LogP contribution in [0.25, 0.3) is 0 Å². The molecular formula is C24H47N2+. The molecule has 0 saturated heterocycles. The largest absolute Gasteiger partial charge is 0.258 e. The molecule has 0 unspecified atom stereocenters. The van der Waals surface area contributed by atoms with Crippen molar-refractivity contribution in [2.24, 2.45) is 0 Å². The van der Waals surface area contributed by atoms with Crippen LogP contribution in [-0.2, 0) is 13.1 Å². The van der Waals surface area contributed by atoms with E-state index in [9.17, 15) is 0 Å². The molecule has 0 atom stereocenters. The summed E-state index contributed by atoms with van der Waals surface area (Å²) in [6, 6.07) is 0. The summed E-state index contributed by atoms with van der Waals surface area (Å²) in [4.78, 5) is 0. The Morgan fingerprint density at radius 1 is 0.731 bits per heavy atom. The average Bonchev–Trinajstić information content (AvgIpc) is 3.03. The van der Waals surface area contributed by atoms with Crippen LogP contribution in [0.3, 0.4) is 0 Å². The lowest BCUT2D eigenvalue weighted by Crippen LogP contribution is -2.38. The highest BCUT2D eigenvalue weighted by Crippen LogP contribution is 2.14. The van der Waals surface area contributed by atoms with Crippen molar-refractivity contribution >= 4 is 0 Å². The van der Waals surface area contributed by atoms with Crippen LogP contribution in [0.2, 0.25) is 0 Å². The lowest BCUT2D eigenvalue weighted by atomic mass is 10.1. The van der Waals surface area contributed by atoms with Gasteiger partial charge in [0.25, 0.3) is 5.82 Å². The topological polar surface area (TPSA) is 8.81 Å². The molecule has 0 aliphatic carbocycles. The van der Waals surface area contributed by atoms with Gasteiger partial charge in [0.1, 0.15) is 12.4 Å². The molecule has 0 N–H and O–H groups in total. The third-order valence-corrected chi connectivity index (χ3v) is 5.54. The fourth-order valence-corrected chi connectivity index (χ4v) is 4.00. The number of rotatable bonds is 17. The molecule has 0 aliphatic rings. The van der Waals surface area contributed by atoms with E-state index in [-0.39, 0.29) is 0 Å². The van der Waals surface area contributed by atoms with Gasteiger partial charge in [-0.1, -0.05) is 91.9 Å². The molecule has 2 heteroatoms. The highest BCUT2D eigenvalue weighted by Gasteiger charge is 2.19. The minimum Gasteiger partial charge on any atom is -0.234 e. The van der Waals surface area contributed by atoms with Gasteiger partial charge < -0.3 is 0 Å². The predicted molar refractivity (Wildman–Crippen MR) is 115 cm³/mol. The van der Waals surface area contributed by atoms with E-state index in [1.54, 1.807) is 0 Å². The van der Waals surface area contributed by atoms with Crippen molar-refractivity contribution in [1.29, 1.82) is 0 Å². The molecule has 0 spiro atoms. The van der Waals surface area contributed by atoms with Crippen molar-refractivity contribution in [2.45, 2.75) is 137 Å². The van der Waals surface area contributed by atoms with Crippen molar-refractivity contribution in [1.82, 2.24) is 4.57 Å². The molecule has 0 saturated carbocycles. The molecule has 1 aromatic rings. The molecule has 2 nitrogen and oxygen atoms in total. The molecule has 1 aromatic heterocycles. The van der Waals surface area contributed by atoms with E-state index < -0.39 is 0 Å². The molecule has 1 heterocycles. The first-order valence-corrected chi connectivity index (χ1v) is 11.8. The maximum absolute atomic E-state index is 2.52. The SMILES string of the molecule is CCCCCCCCCCCCC[n+]1ccn(CCCCC)c1C(C)C. The maximum atomic E-state index is 2.52. The number of nitrogens with zero attached hydrogens (tertiary/aromatic N) is 2. The Balaban J connectivity index is 2.16. The number of unbranched alkanes of at least 4 members (excludes halogenated alkanes) is 12. The summed E-state index contributed by atoms with van der Waals surface area (Å²) in [5.41, 5.74) is 0. The normalized spacial score (nSPS) is 11.6. The summed E-state index contributed by atoms with van der Waals surface area (Å²) in [5.74, 6) is 2.13. The minimum atomic E-state index is 0.610. The number of aryl methyl sites for hydroxylation is 2. The van der Waals surface area contributed by atoms with Crippen LogP contribution in [0.15, 0.2) is 12.4 Å². The fraction of sp³-hybridized carbons (Fsp3) is 0.875. The molecule has 0 amide bonds. The molecule has 26 heavy (non-hydrogen) atoms. The Morgan fingerprint density at radius 2 is 1.23 bits per heavy atom. The van der Waals surface area contributed by atoms with Gasteiger partial charge in [0, 0.05) is 0 Å². The summed E-state index contributed by atoms with van der Waals surface area (Å²) in [6.45, 7) is 11.6. The van der Waals surface area contributed by atoms with Gasteiger partial charge in [-0.3, -0.25) is 0 Å². The highest BCUT2D eigenvalue weighted by atomic mass is 15.1. The fourth-order valence-electron chi connectivity index (χ4n) is 4.00. The lowest BCUT2D eigenvalue weighted by molar-refractivity contribution is -0.705. The van der Waals surface area contributed by atoms with Crippen molar-refractivity contribution in [3.8, 4) is 0 Å². The number of hydrogen-bond donors (Lipinski definition) is 0. The standard InChI is InChI=1S/C24H47N2/c1-5-7-9-10-11-12-13-14-15-16-18-20-26-22-21-25(19-17-8-6-2)24(26)23(3)4/h21-23H,5-20H2,1-4H3/q+1. The van der Waals surface area contributed by atoms with Gasteiger partial charge in [0.05, 0.1) is 19.0 Å². The van der Waals surface area contributed by atoms with E-state index in [1.165, 1.54) is 109 Å². The maximum Gasteiger partial charge on any atom is 0.258 e. The first-order chi connectivity index (χ1) is 12.7. The van der Waals surface area contributed by atoms with Crippen LogP contribution in [0, 0.1) is 0 Å². The number of hydrogen-bond acceptors (Lipinski definition) is 0.